The maximum Gasteiger partial charge on any atom is 0.293 e. The second-order valence-corrected chi connectivity index (χ2v) is 9.53. The standard InChI is InChI=1S/C26H30ClN5O4/c1-16(2)32-22-5-4-19(10-18(22)11-23(26(32)35)36-15-25(34)28-3)30-21-12-24(29-13-20(21)27)31-8-6-17(14-33)7-9-31/h4-5,10-14,16-17H,6-9,15H2,1-3H3,(H,28,34)(H,29,30). The molecule has 0 spiro atoms. The van der Waals surface area contributed by atoms with Crippen molar-refractivity contribution in [2.45, 2.75) is 32.7 Å². The van der Waals surface area contributed by atoms with E-state index >= 15 is 0 Å². The third kappa shape index (κ3) is 5.46. The lowest BCUT2D eigenvalue weighted by Crippen LogP contribution is -2.34. The van der Waals surface area contributed by atoms with Gasteiger partial charge >= 0.3 is 0 Å². The average Bonchev–Trinajstić information content (AvgIpc) is 2.88. The summed E-state index contributed by atoms with van der Waals surface area (Å²) in [6.07, 6.45) is 4.27. The number of nitrogens with one attached hydrogen (secondary N) is 2. The second-order valence-electron chi connectivity index (χ2n) is 9.12. The first-order valence-corrected chi connectivity index (χ1v) is 12.3. The number of ether oxygens (including phenoxy) is 1. The van der Waals surface area contributed by atoms with Crippen molar-refractivity contribution in [2.75, 3.05) is 37.0 Å². The number of likely N-dealkylation sites (N-methyl/N-ethyl adjacent to an activating group) is 1. The Bertz CT molecular complexity index is 1330. The highest BCUT2D eigenvalue weighted by Crippen LogP contribution is 2.31. The Morgan fingerprint density at radius 3 is 2.67 bits per heavy atom. The van der Waals surface area contributed by atoms with Gasteiger partial charge in [-0.2, -0.15) is 0 Å². The molecule has 190 valence electrons. The smallest absolute Gasteiger partial charge is 0.293 e. The van der Waals surface area contributed by atoms with E-state index < -0.39 is 0 Å². The molecule has 2 N–H and O–H groups in total. The maximum atomic E-state index is 13.0. The van der Waals surface area contributed by atoms with Crippen LogP contribution in [0.15, 0.2) is 41.3 Å². The minimum Gasteiger partial charge on any atom is -0.478 e. The quantitative estimate of drug-likeness (QED) is 0.441. The van der Waals surface area contributed by atoms with Crippen LogP contribution in [0.4, 0.5) is 17.2 Å². The Labute approximate surface area is 214 Å². The molecule has 1 amide bonds. The number of rotatable bonds is 8. The summed E-state index contributed by atoms with van der Waals surface area (Å²) in [4.78, 5) is 42.4. The Balaban J connectivity index is 1.64. The molecular formula is C26H30ClN5O4. The first kappa shape index (κ1) is 25.5. The van der Waals surface area contributed by atoms with Gasteiger partial charge in [-0.25, -0.2) is 4.98 Å². The molecule has 0 radical (unpaired) electrons. The zero-order chi connectivity index (χ0) is 25.8. The van der Waals surface area contributed by atoms with Crippen molar-refractivity contribution in [3.05, 3.63) is 51.9 Å². The van der Waals surface area contributed by atoms with Gasteiger partial charge in [0.2, 0.25) is 0 Å². The number of amides is 1. The fraction of sp³-hybridized carbons (Fsp3) is 0.385. The van der Waals surface area contributed by atoms with Gasteiger partial charge in [-0.1, -0.05) is 11.6 Å². The molecule has 9 nitrogen and oxygen atoms in total. The van der Waals surface area contributed by atoms with Crippen LogP contribution in [0.5, 0.6) is 5.75 Å². The first-order valence-electron chi connectivity index (χ1n) is 12.0. The van der Waals surface area contributed by atoms with Crippen molar-refractivity contribution in [2.24, 2.45) is 5.92 Å². The number of carbonyl (C=O) groups excluding carboxylic acids is 2. The number of aromatic nitrogens is 2. The van der Waals surface area contributed by atoms with E-state index in [9.17, 15) is 14.4 Å². The van der Waals surface area contributed by atoms with Crippen LogP contribution in [0.1, 0.15) is 32.7 Å². The molecule has 0 unspecified atom stereocenters. The van der Waals surface area contributed by atoms with Crippen LogP contribution in [0.2, 0.25) is 5.02 Å². The summed E-state index contributed by atoms with van der Waals surface area (Å²) >= 11 is 6.45. The molecule has 1 aromatic carbocycles. The molecule has 2 aromatic heterocycles. The molecule has 1 saturated heterocycles. The molecule has 3 heterocycles. The zero-order valence-corrected chi connectivity index (χ0v) is 21.3. The van der Waals surface area contributed by atoms with Crippen molar-refractivity contribution in [1.29, 1.82) is 0 Å². The predicted molar refractivity (Wildman–Crippen MR) is 142 cm³/mol. The number of nitrogens with zero attached hydrogens (tertiary/aromatic N) is 3. The SMILES string of the molecule is CNC(=O)COc1cc2cc(Nc3cc(N4CCC(C=O)CC4)ncc3Cl)ccc2n(C(C)C)c1=O. The summed E-state index contributed by atoms with van der Waals surface area (Å²) in [5, 5.41) is 7.10. The third-order valence-corrected chi connectivity index (χ3v) is 6.63. The van der Waals surface area contributed by atoms with E-state index in [2.05, 4.69) is 20.5 Å². The monoisotopic (exact) mass is 511 g/mol. The molecule has 0 atom stereocenters. The lowest BCUT2D eigenvalue weighted by molar-refractivity contribution is -0.122. The van der Waals surface area contributed by atoms with Crippen LogP contribution in [0.3, 0.4) is 0 Å². The Morgan fingerprint density at radius 1 is 1.25 bits per heavy atom. The predicted octanol–water partition coefficient (Wildman–Crippen LogP) is 3.91. The van der Waals surface area contributed by atoms with Gasteiger partial charge in [0.1, 0.15) is 12.1 Å². The highest BCUT2D eigenvalue weighted by atomic mass is 35.5. The second kappa shape index (κ2) is 11.0. The summed E-state index contributed by atoms with van der Waals surface area (Å²) in [6, 6.07) is 9.12. The Kier molecular flexibility index (Phi) is 7.79. The van der Waals surface area contributed by atoms with Crippen molar-refractivity contribution in [3.8, 4) is 5.75 Å². The molecule has 0 aliphatic carbocycles. The van der Waals surface area contributed by atoms with E-state index in [1.807, 2.05) is 38.1 Å². The molecule has 3 aromatic rings. The number of halogens is 1. The van der Waals surface area contributed by atoms with E-state index in [4.69, 9.17) is 16.3 Å². The van der Waals surface area contributed by atoms with Gasteiger partial charge < -0.3 is 29.6 Å². The molecule has 36 heavy (non-hydrogen) atoms. The number of fused-ring (bicyclic) bond motifs is 1. The number of pyridine rings is 2. The van der Waals surface area contributed by atoms with Gasteiger partial charge in [0.25, 0.3) is 11.5 Å². The van der Waals surface area contributed by atoms with E-state index in [0.29, 0.717) is 10.7 Å². The van der Waals surface area contributed by atoms with Crippen LogP contribution in [-0.4, -0.2) is 48.5 Å². The summed E-state index contributed by atoms with van der Waals surface area (Å²) in [7, 11) is 1.51. The lowest BCUT2D eigenvalue weighted by Gasteiger charge is -2.30. The zero-order valence-electron chi connectivity index (χ0n) is 20.6. The molecule has 1 aliphatic heterocycles. The molecule has 4 rings (SSSR count). The van der Waals surface area contributed by atoms with Gasteiger partial charge in [0.15, 0.2) is 12.4 Å². The molecule has 0 saturated carbocycles. The van der Waals surface area contributed by atoms with Crippen LogP contribution in [0.25, 0.3) is 10.9 Å². The van der Waals surface area contributed by atoms with Crippen LogP contribution in [0, 0.1) is 5.92 Å². The fourth-order valence-electron chi connectivity index (χ4n) is 4.35. The van der Waals surface area contributed by atoms with E-state index in [0.717, 1.165) is 54.6 Å². The summed E-state index contributed by atoms with van der Waals surface area (Å²) in [5.41, 5.74) is 1.94. The molecular weight excluding hydrogens is 482 g/mol. The van der Waals surface area contributed by atoms with Crippen LogP contribution < -0.4 is 25.8 Å². The number of piperidine rings is 1. The Morgan fingerprint density at radius 2 is 2.00 bits per heavy atom. The number of hydrogen-bond donors (Lipinski definition) is 2. The van der Waals surface area contributed by atoms with E-state index in [1.165, 1.54) is 7.05 Å². The van der Waals surface area contributed by atoms with Crippen molar-refractivity contribution < 1.29 is 14.3 Å². The van der Waals surface area contributed by atoms with Gasteiger partial charge in [-0.15, -0.1) is 0 Å². The van der Waals surface area contributed by atoms with Crippen molar-refractivity contribution >= 4 is 51.9 Å². The normalized spacial score (nSPS) is 14.2. The van der Waals surface area contributed by atoms with E-state index in [1.54, 1.807) is 16.8 Å². The van der Waals surface area contributed by atoms with E-state index in [-0.39, 0.29) is 35.8 Å². The van der Waals surface area contributed by atoms with Crippen molar-refractivity contribution in [3.63, 3.8) is 0 Å². The minimum absolute atomic E-state index is 0.108. The third-order valence-electron chi connectivity index (χ3n) is 6.33. The maximum absolute atomic E-state index is 13.0. The summed E-state index contributed by atoms with van der Waals surface area (Å²) < 4.78 is 7.19. The number of hydrogen-bond acceptors (Lipinski definition) is 7. The summed E-state index contributed by atoms with van der Waals surface area (Å²) in [5.74, 6) is 0.696. The molecule has 0 bridgehead atoms. The van der Waals surface area contributed by atoms with Crippen LogP contribution >= 0.6 is 11.6 Å². The highest BCUT2D eigenvalue weighted by molar-refractivity contribution is 6.33. The van der Waals surface area contributed by atoms with Gasteiger partial charge in [-0.3, -0.25) is 9.59 Å². The van der Waals surface area contributed by atoms with Crippen LogP contribution in [-0.2, 0) is 9.59 Å². The van der Waals surface area contributed by atoms with Gasteiger partial charge in [0, 0.05) is 49.2 Å². The van der Waals surface area contributed by atoms with Crippen molar-refractivity contribution in [1.82, 2.24) is 14.9 Å². The number of aldehydes is 1. The Hall–Kier alpha value is -3.59. The van der Waals surface area contributed by atoms with Gasteiger partial charge in [0.05, 0.1) is 22.4 Å². The fourth-order valence-corrected chi connectivity index (χ4v) is 4.50. The number of anilines is 3. The molecule has 10 heteroatoms. The molecule has 1 aliphatic rings. The lowest BCUT2D eigenvalue weighted by atomic mass is 9.99. The minimum atomic E-state index is -0.320. The first-order chi connectivity index (χ1) is 17.3. The largest absolute Gasteiger partial charge is 0.478 e. The molecule has 1 fully saturated rings. The average molecular weight is 512 g/mol. The number of benzene rings is 1. The topological polar surface area (TPSA) is 106 Å². The number of carbonyl (C=O) groups is 2. The highest BCUT2D eigenvalue weighted by Gasteiger charge is 2.20. The van der Waals surface area contributed by atoms with Gasteiger partial charge in [-0.05, 0) is 51.0 Å². The summed E-state index contributed by atoms with van der Waals surface area (Å²) in [6.45, 7) is 5.13.